The standard InChI is InChI=1S/C22H24F3N7O3S/c1-29(2)9-10-32(21-18(35-4)7-5-15-11-27-30(3)20(15)21)36(33,34)17-6-8-19(26-13-17)31-14-16(12-28-31)22(23,24)25/h5-8,11-14H,9-10H2,1-4H3. The molecule has 4 rings (SSSR count). The minimum atomic E-state index is -4.56. The average Bonchev–Trinajstić information content (AvgIpc) is 3.47. The maximum atomic E-state index is 13.9. The molecule has 0 atom stereocenters. The molecular formula is C22H24F3N7O3S. The van der Waals surface area contributed by atoms with Crippen molar-refractivity contribution >= 4 is 26.6 Å². The van der Waals surface area contributed by atoms with Crippen LogP contribution >= 0.6 is 0 Å². The first-order valence-corrected chi connectivity index (χ1v) is 12.1. The number of anilines is 1. The summed E-state index contributed by atoms with van der Waals surface area (Å²) in [5, 5.41) is 8.66. The SMILES string of the molecule is COc1ccc2cnn(C)c2c1N(CCN(C)C)S(=O)(=O)c1ccc(-n2cc(C(F)(F)F)cn2)nc1. The molecule has 0 saturated heterocycles. The normalized spacial score (nSPS) is 12.4. The van der Waals surface area contributed by atoms with E-state index in [1.54, 1.807) is 30.1 Å². The summed E-state index contributed by atoms with van der Waals surface area (Å²) < 4.78 is 75.8. The monoisotopic (exact) mass is 523 g/mol. The molecule has 10 nitrogen and oxygen atoms in total. The highest BCUT2D eigenvalue weighted by atomic mass is 32.2. The fraction of sp³-hybridized carbons (Fsp3) is 0.318. The van der Waals surface area contributed by atoms with Crippen LogP contribution in [0.3, 0.4) is 0 Å². The first-order chi connectivity index (χ1) is 16.9. The molecule has 0 fully saturated rings. The summed E-state index contributed by atoms with van der Waals surface area (Å²) in [7, 11) is 2.63. The number of sulfonamides is 1. The van der Waals surface area contributed by atoms with E-state index in [9.17, 15) is 21.6 Å². The molecular weight excluding hydrogens is 499 g/mol. The van der Waals surface area contributed by atoms with E-state index >= 15 is 0 Å². The van der Waals surface area contributed by atoms with Gasteiger partial charge in [0, 0.05) is 37.9 Å². The molecule has 0 amide bonds. The summed E-state index contributed by atoms with van der Waals surface area (Å²) in [5.41, 5.74) is -0.0486. The third kappa shape index (κ3) is 4.73. The Kier molecular flexibility index (Phi) is 6.66. The highest BCUT2D eigenvalue weighted by Gasteiger charge is 2.33. The largest absolute Gasteiger partial charge is 0.494 e. The Hall–Kier alpha value is -3.65. The van der Waals surface area contributed by atoms with Gasteiger partial charge in [-0.3, -0.25) is 8.99 Å². The molecule has 4 aromatic rings. The van der Waals surface area contributed by atoms with Gasteiger partial charge in [0.25, 0.3) is 10.0 Å². The van der Waals surface area contributed by atoms with Crippen LogP contribution in [0.2, 0.25) is 0 Å². The maximum Gasteiger partial charge on any atom is 0.419 e. The summed E-state index contributed by atoms with van der Waals surface area (Å²) in [6, 6.07) is 6.04. The van der Waals surface area contributed by atoms with E-state index in [4.69, 9.17) is 4.74 Å². The van der Waals surface area contributed by atoms with Crippen LogP contribution in [0.25, 0.3) is 16.7 Å². The van der Waals surface area contributed by atoms with Crippen LogP contribution in [0.1, 0.15) is 5.56 Å². The summed E-state index contributed by atoms with van der Waals surface area (Å²) in [4.78, 5) is 5.76. The third-order valence-corrected chi connectivity index (χ3v) is 7.29. The number of hydrogen-bond acceptors (Lipinski definition) is 7. The summed E-state index contributed by atoms with van der Waals surface area (Å²) in [6.07, 6.45) is -0.368. The lowest BCUT2D eigenvalue weighted by Crippen LogP contribution is -2.37. The molecule has 0 aliphatic rings. The fourth-order valence-corrected chi connectivity index (χ4v) is 5.08. The van der Waals surface area contributed by atoms with Gasteiger partial charge in [0.15, 0.2) is 5.82 Å². The van der Waals surface area contributed by atoms with Crippen molar-refractivity contribution in [1.82, 2.24) is 29.4 Å². The maximum absolute atomic E-state index is 13.9. The second-order valence-electron chi connectivity index (χ2n) is 8.23. The van der Waals surface area contributed by atoms with Gasteiger partial charge in [-0.2, -0.15) is 23.4 Å². The molecule has 3 aromatic heterocycles. The highest BCUT2D eigenvalue weighted by molar-refractivity contribution is 7.92. The lowest BCUT2D eigenvalue weighted by atomic mass is 10.2. The van der Waals surface area contributed by atoms with Crippen molar-refractivity contribution in [3.63, 3.8) is 0 Å². The lowest BCUT2D eigenvalue weighted by Gasteiger charge is -2.28. The van der Waals surface area contributed by atoms with Gasteiger partial charge in [0.2, 0.25) is 0 Å². The van der Waals surface area contributed by atoms with Gasteiger partial charge < -0.3 is 9.64 Å². The van der Waals surface area contributed by atoms with E-state index in [1.165, 1.54) is 23.5 Å². The summed E-state index contributed by atoms with van der Waals surface area (Å²) >= 11 is 0. The number of fused-ring (bicyclic) bond motifs is 1. The predicted molar refractivity (Wildman–Crippen MR) is 127 cm³/mol. The van der Waals surface area contributed by atoms with Crippen molar-refractivity contribution < 1.29 is 26.3 Å². The first-order valence-electron chi connectivity index (χ1n) is 10.7. The molecule has 0 bridgehead atoms. The van der Waals surface area contributed by atoms with Gasteiger partial charge in [0.05, 0.1) is 30.6 Å². The third-order valence-electron chi connectivity index (χ3n) is 5.51. The number of nitrogens with zero attached hydrogens (tertiary/aromatic N) is 7. The topological polar surface area (TPSA) is 98.4 Å². The van der Waals surface area contributed by atoms with E-state index in [2.05, 4.69) is 15.2 Å². The molecule has 192 valence electrons. The van der Waals surface area contributed by atoms with Gasteiger partial charge in [-0.25, -0.2) is 18.1 Å². The number of benzene rings is 1. The predicted octanol–water partition coefficient (Wildman–Crippen LogP) is 2.94. The first kappa shape index (κ1) is 25.4. The molecule has 1 aromatic carbocycles. The molecule has 0 saturated carbocycles. The van der Waals surface area contributed by atoms with Crippen LogP contribution in [0.5, 0.6) is 5.75 Å². The van der Waals surface area contributed by atoms with Crippen LogP contribution < -0.4 is 9.04 Å². The number of aryl methyl sites for hydroxylation is 1. The minimum absolute atomic E-state index is 0.0376. The van der Waals surface area contributed by atoms with E-state index in [0.29, 0.717) is 29.7 Å². The fourth-order valence-electron chi connectivity index (χ4n) is 3.66. The zero-order chi connectivity index (χ0) is 26.3. The molecule has 0 aliphatic heterocycles. The molecule has 0 N–H and O–H groups in total. The number of rotatable bonds is 8. The molecule has 0 unspecified atom stereocenters. The molecule has 36 heavy (non-hydrogen) atoms. The second kappa shape index (κ2) is 9.43. The zero-order valence-corrected chi connectivity index (χ0v) is 20.7. The Morgan fingerprint density at radius 3 is 2.36 bits per heavy atom. The molecule has 0 radical (unpaired) electrons. The Bertz CT molecular complexity index is 1480. The minimum Gasteiger partial charge on any atom is -0.494 e. The van der Waals surface area contributed by atoms with Crippen LogP contribution in [-0.2, 0) is 23.2 Å². The van der Waals surface area contributed by atoms with Crippen LogP contribution in [-0.4, -0.2) is 72.2 Å². The number of pyridine rings is 1. The number of hydrogen-bond donors (Lipinski definition) is 0. The Morgan fingerprint density at radius 1 is 1.03 bits per heavy atom. The van der Waals surface area contributed by atoms with Crippen molar-refractivity contribution in [3.05, 3.63) is 54.6 Å². The van der Waals surface area contributed by atoms with Crippen molar-refractivity contribution in [1.29, 1.82) is 0 Å². The number of halogens is 3. The highest BCUT2D eigenvalue weighted by Crippen LogP contribution is 2.39. The van der Waals surface area contributed by atoms with E-state index < -0.39 is 21.8 Å². The van der Waals surface area contributed by atoms with Gasteiger partial charge >= 0.3 is 6.18 Å². The number of alkyl halides is 3. The van der Waals surface area contributed by atoms with Crippen molar-refractivity contribution in [2.24, 2.45) is 7.05 Å². The van der Waals surface area contributed by atoms with E-state index in [1.807, 2.05) is 19.0 Å². The van der Waals surface area contributed by atoms with Gasteiger partial charge in [-0.15, -0.1) is 0 Å². The van der Waals surface area contributed by atoms with Gasteiger partial charge in [-0.05, 0) is 38.4 Å². The number of aromatic nitrogens is 5. The Labute approximate surface area is 205 Å². The molecule has 0 aliphatic carbocycles. The van der Waals surface area contributed by atoms with Crippen molar-refractivity contribution in [3.8, 4) is 11.6 Å². The molecule has 14 heteroatoms. The van der Waals surface area contributed by atoms with E-state index in [-0.39, 0.29) is 17.3 Å². The van der Waals surface area contributed by atoms with Gasteiger partial charge in [-0.1, -0.05) is 0 Å². The number of likely N-dealkylation sites (N-methyl/N-ethyl adjacent to an activating group) is 1. The molecule has 0 spiro atoms. The van der Waals surface area contributed by atoms with Gasteiger partial charge in [0.1, 0.15) is 16.3 Å². The van der Waals surface area contributed by atoms with Crippen LogP contribution in [0, 0.1) is 0 Å². The van der Waals surface area contributed by atoms with Crippen molar-refractivity contribution in [2.75, 3.05) is 38.6 Å². The second-order valence-corrected chi connectivity index (χ2v) is 10.1. The number of ether oxygens (including phenoxy) is 1. The van der Waals surface area contributed by atoms with Crippen LogP contribution in [0.4, 0.5) is 18.9 Å². The molecule has 3 heterocycles. The number of methoxy groups -OCH3 is 1. The quantitative estimate of drug-likeness (QED) is 0.350. The zero-order valence-electron chi connectivity index (χ0n) is 19.9. The summed E-state index contributed by atoms with van der Waals surface area (Å²) in [5.74, 6) is 0.379. The van der Waals surface area contributed by atoms with Crippen molar-refractivity contribution in [2.45, 2.75) is 11.1 Å². The smallest absolute Gasteiger partial charge is 0.419 e. The van der Waals surface area contributed by atoms with E-state index in [0.717, 1.165) is 22.5 Å². The van der Waals surface area contributed by atoms with Crippen LogP contribution in [0.15, 0.2) is 53.9 Å². The Morgan fingerprint density at radius 2 is 1.78 bits per heavy atom. The average molecular weight is 524 g/mol. The Balaban J connectivity index is 1.79. The lowest BCUT2D eigenvalue weighted by molar-refractivity contribution is -0.137. The summed E-state index contributed by atoms with van der Waals surface area (Å²) in [6.45, 7) is 0.488.